The van der Waals surface area contributed by atoms with Crippen LogP contribution >= 0.6 is 35.4 Å². The standard InChI is InChI=1S/C24H20Cl2N4OS/c1-16-7-5-6-10-21(16)30-23(19-12-11-18(25)13-20(19)26)28-29(24(30)32)15-22(31)27-14-17-8-3-2-4-9-17/h2-13H,14-15H2,1H3,(H,27,31). The number of hydrogen-bond donors (Lipinski definition) is 1. The first-order chi connectivity index (χ1) is 15.4. The molecule has 4 rings (SSSR count). The number of carbonyl (C=O) groups excluding carboxylic acids is 1. The van der Waals surface area contributed by atoms with E-state index in [0.29, 0.717) is 32.7 Å². The quantitative estimate of drug-likeness (QED) is 0.342. The molecule has 1 N–H and O–H groups in total. The summed E-state index contributed by atoms with van der Waals surface area (Å²) in [6.07, 6.45) is 0. The van der Waals surface area contributed by atoms with Crippen molar-refractivity contribution in [2.75, 3.05) is 0 Å². The Kier molecular flexibility index (Phi) is 6.74. The molecule has 0 radical (unpaired) electrons. The number of amides is 1. The van der Waals surface area contributed by atoms with Crippen molar-refractivity contribution < 1.29 is 4.79 Å². The fourth-order valence-electron chi connectivity index (χ4n) is 3.38. The molecule has 0 saturated carbocycles. The summed E-state index contributed by atoms with van der Waals surface area (Å²) in [5.41, 5.74) is 3.58. The summed E-state index contributed by atoms with van der Waals surface area (Å²) in [6.45, 7) is 2.42. The van der Waals surface area contributed by atoms with Crippen LogP contribution in [0.1, 0.15) is 11.1 Å². The summed E-state index contributed by atoms with van der Waals surface area (Å²) in [4.78, 5) is 12.6. The highest BCUT2D eigenvalue weighted by molar-refractivity contribution is 7.71. The Balaban J connectivity index is 1.72. The van der Waals surface area contributed by atoms with Gasteiger partial charge in [0.05, 0.1) is 10.7 Å². The Labute approximate surface area is 201 Å². The molecule has 0 unspecified atom stereocenters. The van der Waals surface area contributed by atoms with Crippen LogP contribution in [0.3, 0.4) is 0 Å². The van der Waals surface area contributed by atoms with E-state index in [1.807, 2.05) is 66.1 Å². The molecule has 4 aromatic rings. The first kappa shape index (κ1) is 22.3. The van der Waals surface area contributed by atoms with Crippen LogP contribution in [0.15, 0.2) is 72.8 Å². The van der Waals surface area contributed by atoms with Gasteiger partial charge in [0.1, 0.15) is 6.54 Å². The molecule has 32 heavy (non-hydrogen) atoms. The van der Waals surface area contributed by atoms with Gasteiger partial charge in [-0.3, -0.25) is 9.36 Å². The minimum absolute atomic E-state index is 0.0112. The number of nitrogens with zero attached hydrogens (tertiary/aromatic N) is 3. The van der Waals surface area contributed by atoms with E-state index in [2.05, 4.69) is 10.4 Å². The van der Waals surface area contributed by atoms with Gasteiger partial charge in [-0.05, 0) is 54.5 Å². The van der Waals surface area contributed by atoms with E-state index in [0.717, 1.165) is 16.8 Å². The van der Waals surface area contributed by atoms with Crippen molar-refractivity contribution in [2.45, 2.75) is 20.0 Å². The molecule has 162 valence electrons. The molecule has 0 spiro atoms. The van der Waals surface area contributed by atoms with E-state index in [-0.39, 0.29) is 12.5 Å². The van der Waals surface area contributed by atoms with Crippen LogP contribution in [0.25, 0.3) is 17.1 Å². The van der Waals surface area contributed by atoms with Gasteiger partial charge in [-0.25, -0.2) is 4.68 Å². The van der Waals surface area contributed by atoms with E-state index in [4.69, 9.17) is 35.4 Å². The topological polar surface area (TPSA) is 51.9 Å². The second-order valence-corrected chi connectivity index (χ2v) is 8.48. The zero-order chi connectivity index (χ0) is 22.7. The molecular formula is C24H20Cl2N4OS. The maximum atomic E-state index is 12.6. The van der Waals surface area contributed by atoms with E-state index in [9.17, 15) is 4.79 Å². The summed E-state index contributed by atoms with van der Waals surface area (Å²) in [5.74, 6) is 0.356. The zero-order valence-electron chi connectivity index (χ0n) is 17.3. The van der Waals surface area contributed by atoms with Crippen molar-refractivity contribution in [3.8, 4) is 17.1 Å². The van der Waals surface area contributed by atoms with Crippen molar-refractivity contribution in [1.82, 2.24) is 19.7 Å². The number of rotatable bonds is 6. The fraction of sp³-hybridized carbons (Fsp3) is 0.125. The number of para-hydroxylation sites is 1. The van der Waals surface area contributed by atoms with Gasteiger partial charge in [0.15, 0.2) is 5.82 Å². The predicted molar refractivity (Wildman–Crippen MR) is 131 cm³/mol. The van der Waals surface area contributed by atoms with Gasteiger partial charge in [0.25, 0.3) is 0 Å². The van der Waals surface area contributed by atoms with Gasteiger partial charge >= 0.3 is 0 Å². The molecule has 0 bridgehead atoms. The monoisotopic (exact) mass is 482 g/mol. The van der Waals surface area contributed by atoms with Crippen LogP contribution < -0.4 is 5.32 Å². The smallest absolute Gasteiger partial charge is 0.242 e. The van der Waals surface area contributed by atoms with Gasteiger partial charge in [-0.1, -0.05) is 71.7 Å². The Morgan fingerprint density at radius 3 is 2.47 bits per heavy atom. The van der Waals surface area contributed by atoms with Gasteiger partial charge < -0.3 is 5.32 Å². The average Bonchev–Trinajstić information content (AvgIpc) is 3.09. The fourth-order valence-corrected chi connectivity index (χ4v) is 4.16. The molecule has 8 heteroatoms. The molecule has 0 fully saturated rings. The number of hydrogen-bond acceptors (Lipinski definition) is 3. The van der Waals surface area contributed by atoms with E-state index < -0.39 is 0 Å². The molecule has 0 saturated heterocycles. The third kappa shape index (κ3) is 4.78. The SMILES string of the molecule is Cc1ccccc1-n1c(-c2ccc(Cl)cc2Cl)nn(CC(=O)NCc2ccccc2)c1=S. The normalized spacial score (nSPS) is 10.8. The second kappa shape index (κ2) is 9.69. The summed E-state index contributed by atoms with van der Waals surface area (Å²) in [6, 6.07) is 22.8. The second-order valence-electron chi connectivity index (χ2n) is 7.27. The van der Waals surface area contributed by atoms with Gasteiger partial charge in [-0.2, -0.15) is 5.10 Å². The number of aromatic nitrogens is 3. The van der Waals surface area contributed by atoms with Crippen LogP contribution in [0.5, 0.6) is 0 Å². The molecular weight excluding hydrogens is 463 g/mol. The number of aryl methyl sites for hydroxylation is 1. The molecule has 1 amide bonds. The molecule has 1 aromatic heterocycles. The first-order valence-corrected chi connectivity index (χ1v) is 11.1. The Morgan fingerprint density at radius 1 is 1.03 bits per heavy atom. The van der Waals surface area contributed by atoms with Gasteiger partial charge in [0, 0.05) is 17.1 Å². The number of carbonyl (C=O) groups is 1. The third-order valence-electron chi connectivity index (χ3n) is 4.99. The maximum absolute atomic E-state index is 12.6. The van der Waals surface area contributed by atoms with Crippen LogP contribution in [0.2, 0.25) is 10.0 Å². The van der Waals surface area contributed by atoms with Gasteiger partial charge in [-0.15, -0.1) is 0 Å². The summed E-state index contributed by atoms with van der Waals surface area (Å²) >= 11 is 18.3. The lowest BCUT2D eigenvalue weighted by Crippen LogP contribution is -2.27. The lowest BCUT2D eigenvalue weighted by Gasteiger charge is -2.11. The molecule has 0 aliphatic rings. The number of halogens is 2. The maximum Gasteiger partial charge on any atom is 0.242 e. The number of nitrogens with one attached hydrogen (secondary N) is 1. The lowest BCUT2D eigenvalue weighted by atomic mass is 10.1. The molecule has 3 aromatic carbocycles. The largest absolute Gasteiger partial charge is 0.350 e. The van der Waals surface area contributed by atoms with Crippen LogP contribution in [0.4, 0.5) is 0 Å². The Morgan fingerprint density at radius 2 is 1.75 bits per heavy atom. The van der Waals surface area contributed by atoms with Crippen LogP contribution in [0, 0.1) is 11.7 Å². The molecule has 5 nitrogen and oxygen atoms in total. The molecule has 0 aliphatic heterocycles. The minimum atomic E-state index is -0.187. The highest BCUT2D eigenvalue weighted by Crippen LogP contribution is 2.32. The van der Waals surface area contributed by atoms with Crippen molar-refractivity contribution >= 4 is 41.3 Å². The number of benzene rings is 3. The third-order valence-corrected chi connectivity index (χ3v) is 5.93. The highest BCUT2D eigenvalue weighted by atomic mass is 35.5. The minimum Gasteiger partial charge on any atom is -0.350 e. The molecule has 1 heterocycles. The highest BCUT2D eigenvalue weighted by Gasteiger charge is 2.19. The summed E-state index contributed by atoms with van der Waals surface area (Å²) in [7, 11) is 0. The van der Waals surface area contributed by atoms with Crippen LogP contribution in [-0.4, -0.2) is 20.3 Å². The Bertz CT molecular complexity index is 1330. The predicted octanol–water partition coefficient (Wildman–Crippen LogP) is 6.00. The van der Waals surface area contributed by atoms with Crippen molar-refractivity contribution in [3.63, 3.8) is 0 Å². The van der Waals surface area contributed by atoms with Crippen molar-refractivity contribution in [3.05, 3.63) is 98.7 Å². The van der Waals surface area contributed by atoms with E-state index in [1.165, 1.54) is 4.68 Å². The van der Waals surface area contributed by atoms with Crippen molar-refractivity contribution in [1.29, 1.82) is 0 Å². The molecule has 0 atom stereocenters. The zero-order valence-corrected chi connectivity index (χ0v) is 19.6. The lowest BCUT2D eigenvalue weighted by molar-refractivity contribution is -0.122. The first-order valence-electron chi connectivity index (χ1n) is 9.96. The summed E-state index contributed by atoms with van der Waals surface area (Å²) in [5, 5.41) is 8.56. The summed E-state index contributed by atoms with van der Waals surface area (Å²) < 4.78 is 3.75. The van der Waals surface area contributed by atoms with Crippen molar-refractivity contribution in [2.24, 2.45) is 0 Å². The average molecular weight is 483 g/mol. The molecule has 0 aliphatic carbocycles. The Hall–Kier alpha value is -2.93. The van der Waals surface area contributed by atoms with Crippen LogP contribution in [-0.2, 0) is 17.9 Å². The van der Waals surface area contributed by atoms with Gasteiger partial charge in [0.2, 0.25) is 10.7 Å². The van der Waals surface area contributed by atoms with E-state index >= 15 is 0 Å². The van der Waals surface area contributed by atoms with E-state index in [1.54, 1.807) is 18.2 Å².